The Morgan fingerprint density at radius 1 is 0.295 bits per heavy atom. The van der Waals surface area contributed by atoms with Gasteiger partial charge < -0.3 is 29.0 Å². The summed E-state index contributed by atoms with van der Waals surface area (Å²) in [6.07, 6.45) is 5.62. The molecule has 0 radical (unpaired) electrons. The summed E-state index contributed by atoms with van der Waals surface area (Å²) in [5, 5.41) is 36.2. The zero-order valence-electron chi connectivity index (χ0n) is 61.6. The zero-order chi connectivity index (χ0) is 72.1. The van der Waals surface area contributed by atoms with Gasteiger partial charge in [-0.1, -0.05) is 199 Å². The first-order chi connectivity index (χ1) is 48.7. The smallest absolute Gasteiger partial charge is 0.143 e. The number of fused-ring (bicyclic) bond motifs is 3. The molecule has 0 saturated heterocycles. The number of aromatic nitrogens is 9. The van der Waals surface area contributed by atoms with Gasteiger partial charge >= 0.3 is 0 Å². The number of rotatable bonds is 12. The number of pyridine rings is 3. The minimum atomic E-state index is -1.62. The molecule has 0 aliphatic carbocycles. The maximum atomic E-state index is 10.8. The summed E-state index contributed by atoms with van der Waals surface area (Å²) in [6, 6.07) is 78.2. The van der Waals surface area contributed by atoms with E-state index in [1.807, 2.05) is 154 Å². The normalized spacial score (nSPS) is 11.5. The van der Waals surface area contributed by atoms with E-state index in [0.29, 0.717) is 0 Å². The molecule has 0 unspecified atom stereocenters. The molecule has 3 N–H and O–H groups in total. The van der Waals surface area contributed by atoms with E-state index in [1.165, 1.54) is 15.6 Å². The molecule has 0 aliphatic rings. The summed E-state index contributed by atoms with van der Waals surface area (Å²) >= 11 is 0. The molecule has 0 bridgehead atoms. The predicted octanol–water partition coefficient (Wildman–Crippen LogP) is 19.0. The quantitative estimate of drug-likeness (QED) is 0.0801. The Bertz CT molecular complexity index is 5460. The Morgan fingerprint density at radius 2 is 0.619 bits per heavy atom. The van der Waals surface area contributed by atoms with Crippen molar-refractivity contribution in [1.82, 2.24) is 43.6 Å². The molecule has 0 amide bonds. The van der Waals surface area contributed by atoms with Crippen molar-refractivity contribution < 1.29 is 78.5 Å². The molecule has 0 fully saturated rings. The molecule has 0 aliphatic heterocycles. The Labute approximate surface area is 662 Å². The Morgan fingerprint density at radius 3 is 1.00 bits per heavy atom. The third kappa shape index (κ3) is 16.2. The fourth-order valence-electron chi connectivity index (χ4n) is 13.0. The Kier molecular flexibility index (Phi) is 23.9. The van der Waals surface area contributed by atoms with Crippen LogP contribution < -0.4 is 15.6 Å². The topological polar surface area (TPSA) is 153 Å². The number of aryl methyl sites for hydroxylation is 6. The van der Waals surface area contributed by atoms with Crippen molar-refractivity contribution in [1.29, 1.82) is 0 Å². The molecule has 15 aromatic rings. The van der Waals surface area contributed by atoms with Gasteiger partial charge in [0.15, 0.2) is 0 Å². The number of phenols is 3. The first-order valence-electron chi connectivity index (χ1n) is 34.4. The number of aromatic hydroxyl groups is 3. The second kappa shape index (κ2) is 32.0. The fraction of sp³-hybridized carbons (Fsp3) is 0.172. The van der Waals surface area contributed by atoms with Gasteiger partial charge in [-0.3, -0.25) is 15.0 Å². The second-order valence-corrected chi connectivity index (χ2v) is 44.6. The summed E-state index contributed by atoms with van der Waals surface area (Å²) < 4.78 is 6.17. The van der Waals surface area contributed by atoms with Crippen LogP contribution in [0.25, 0.3) is 134 Å². The van der Waals surface area contributed by atoms with E-state index in [4.69, 9.17) is 15.0 Å². The summed E-state index contributed by atoms with van der Waals surface area (Å²) in [6.45, 7) is 26.9. The summed E-state index contributed by atoms with van der Waals surface area (Å²) in [7, 11) is 1.49. The van der Waals surface area contributed by atoms with Gasteiger partial charge in [0.1, 0.15) is 34.7 Å². The molecule has 105 heavy (non-hydrogen) atoms. The number of nitrogens with zero attached hydrogens (tertiary/aromatic N) is 9. The van der Waals surface area contributed by atoms with Crippen LogP contribution in [-0.2, 0) is 84.3 Å². The van der Waals surface area contributed by atoms with Crippen molar-refractivity contribution >= 4 is 72.9 Å². The molecule has 6 aromatic heterocycles. The predicted molar refractivity (Wildman–Crippen MR) is 429 cm³/mol. The average Bonchev–Trinajstić information content (AvgIpc) is 1.64. The molecular weight excluding hydrogens is 1890 g/mol. The molecule has 9 aromatic carbocycles. The van der Waals surface area contributed by atoms with Gasteiger partial charge in [-0.25, -0.2) is 15.0 Å². The molecule has 18 heteroatoms. The number of hydrogen-bond acceptors (Lipinski definition) is 9. The number of phenolic OH excluding ortho intramolecular Hbond substituents is 3. The summed E-state index contributed by atoms with van der Waals surface area (Å²) in [4.78, 5) is 28.8. The summed E-state index contributed by atoms with van der Waals surface area (Å²) in [5.41, 5.74) is 22.2. The van der Waals surface area contributed by atoms with Gasteiger partial charge in [-0.15, -0.1) is 89.5 Å². The number of para-hydroxylation sites is 5. The maximum absolute atomic E-state index is 10.8. The number of imidazole rings is 3. The third-order valence-corrected chi connectivity index (χ3v) is 25.2. The first-order valence-corrected chi connectivity index (χ1v) is 44.9. The van der Waals surface area contributed by atoms with Crippen LogP contribution in [0.1, 0.15) is 16.7 Å². The van der Waals surface area contributed by atoms with Crippen LogP contribution in [-0.4, -0.2) is 83.1 Å². The molecule has 540 valence electrons. The largest absolute Gasteiger partial charge is 0.507 e. The minimum absolute atomic E-state index is 0. The molecule has 15 rings (SSSR count). The number of benzene rings is 9. The van der Waals surface area contributed by atoms with Crippen molar-refractivity contribution in [2.45, 2.75) is 79.7 Å². The summed E-state index contributed by atoms with van der Waals surface area (Å²) in [5.74, 6) is 3.05. The first kappa shape index (κ1) is 78.5. The minimum Gasteiger partial charge on any atom is -0.507 e. The fourth-order valence-corrected chi connectivity index (χ4v) is 16.4. The van der Waals surface area contributed by atoms with E-state index >= 15 is 0 Å². The van der Waals surface area contributed by atoms with Crippen molar-refractivity contribution in [3.8, 4) is 119 Å². The maximum Gasteiger partial charge on any atom is 0.143 e. The van der Waals surface area contributed by atoms with Crippen LogP contribution >= 0.6 is 0 Å². The van der Waals surface area contributed by atoms with Gasteiger partial charge in [0, 0.05) is 120 Å². The van der Waals surface area contributed by atoms with E-state index < -0.39 is 24.2 Å². The molecule has 0 saturated carbocycles. The molecular formula is C87H84N9O3Pt3Si3-3. The van der Waals surface area contributed by atoms with Crippen LogP contribution in [0.4, 0.5) is 0 Å². The van der Waals surface area contributed by atoms with Gasteiger partial charge in [-0.05, 0) is 92.1 Å². The van der Waals surface area contributed by atoms with E-state index in [-0.39, 0.29) is 80.4 Å². The Hall–Kier alpha value is -9.04. The molecule has 12 nitrogen and oxygen atoms in total. The van der Waals surface area contributed by atoms with E-state index in [2.05, 4.69) is 206 Å². The number of hydrogen-bond donors (Lipinski definition) is 3. The second-order valence-electron chi connectivity index (χ2n) is 29.4. The molecule has 0 spiro atoms. The molecule has 0 atom stereocenters. The van der Waals surface area contributed by atoms with E-state index in [0.717, 1.165) is 151 Å². The van der Waals surface area contributed by atoms with Gasteiger partial charge in [0.05, 0.1) is 74.0 Å². The van der Waals surface area contributed by atoms with Gasteiger partial charge in [0.2, 0.25) is 0 Å². The van der Waals surface area contributed by atoms with Crippen molar-refractivity contribution in [2.75, 3.05) is 0 Å². The SMILES string of the molecule is Cc1cccc(-c2nc3c(-c4[c-]c(-c5cc([Si](C)(C)C)ccn5)ccc4)cccc3n2C)c1O.Cc1cccc(-c2nc3c(-c4[c-]c(-c5cc([Si](C)(C)C)ccn5)ccc4)cccc3n2C)c1O.Cc1cccc(-c2nc3c(-c4[c-]c(-c5ccccn5)ccc4)cc([Si](C)(C)C)cc3n2C)c1O.[Pt].[Pt].[Pt]. The van der Waals surface area contributed by atoms with Crippen molar-refractivity contribution in [2.24, 2.45) is 21.1 Å². The van der Waals surface area contributed by atoms with Gasteiger partial charge in [-0.2, -0.15) is 0 Å². The third-order valence-electron chi connectivity index (χ3n) is 19.1. The van der Waals surface area contributed by atoms with Crippen molar-refractivity contribution in [3.05, 3.63) is 254 Å². The Balaban J connectivity index is 0.000000166. The van der Waals surface area contributed by atoms with Crippen LogP contribution in [0.3, 0.4) is 0 Å². The molecule has 6 heterocycles. The van der Waals surface area contributed by atoms with Crippen LogP contribution in [0.5, 0.6) is 17.2 Å². The van der Waals surface area contributed by atoms with Crippen LogP contribution in [0.2, 0.25) is 58.9 Å². The van der Waals surface area contributed by atoms with Crippen LogP contribution in [0.15, 0.2) is 219 Å². The van der Waals surface area contributed by atoms with Crippen molar-refractivity contribution in [3.63, 3.8) is 0 Å². The van der Waals surface area contributed by atoms with Gasteiger partial charge in [0.25, 0.3) is 0 Å². The van der Waals surface area contributed by atoms with E-state index in [1.54, 1.807) is 6.20 Å². The zero-order valence-corrected chi connectivity index (χ0v) is 71.4. The average molecular weight is 1970 g/mol. The van der Waals surface area contributed by atoms with E-state index in [9.17, 15) is 15.3 Å². The van der Waals surface area contributed by atoms with Crippen LogP contribution in [0, 0.1) is 39.0 Å². The monoisotopic (exact) mass is 1970 g/mol. The standard InChI is InChI=1S/3C29H28N3OSi.3Pt/c2*1-19-9-6-13-24(28(19)33)29-31-27-23(12-8-14-26(27)32(29)2)20-10-7-11-21(17-20)25-18-22(15-16-30-25)34(3,4)5;1-19-10-8-13-23(28(19)33)29-31-27-24(17-22(34(3,4)5)18-26(27)32(29)2)20-11-9-12-21(16-20)25-14-6-7-15-30-25;;;/h2*6-16,18,33H,1-5H3;6-15,17-18,33H,1-5H3;;;/q3*-1;;;.